The molecule has 6 nitrogen and oxygen atoms in total. The molecule has 1 N–H and O–H groups in total. The molecule has 1 amide bonds. The Balaban J connectivity index is 1.64. The Labute approximate surface area is 223 Å². The first-order chi connectivity index (χ1) is 18.0. The summed E-state index contributed by atoms with van der Waals surface area (Å²) in [6.45, 7) is 2.70. The van der Waals surface area contributed by atoms with Crippen LogP contribution in [0.2, 0.25) is 5.02 Å². The number of aliphatic hydroxyl groups is 1. The summed E-state index contributed by atoms with van der Waals surface area (Å²) in [5, 5.41) is 12.2. The fourth-order valence-corrected chi connectivity index (χ4v) is 5.67. The summed E-state index contributed by atoms with van der Waals surface area (Å²) in [5.74, 6) is -1.11. The Kier molecular flexibility index (Phi) is 7.26. The van der Waals surface area contributed by atoms with Gasteiger partial charge < -0.3 is 9.84 Å². The van der Waals surface area contributed by atoms with E-state index in [4.69, 9.17) is 16.3 Å². The molecule has 188 valence electrons. The van der Waals surface area contributed by atoms with Crippen molar-refractivity contribution in [2.75, 3.05) is 11.5 Å². The number of aliphatic hydroxyl groups excluding tert-OH is 1. The van der Waals surface area contributed by atoms with Crippen LogP contribution in [0.25, 0.3) is 16.0 Å². The van der Waals surface area contributed by atoms with Crippen molar-refractivity contribution in [2.45, 2.75) is 32.2 Å². The number of halogens is 1. The number of Topliss-reactive ketones (excluding diaryl/α,β-unsaturated/α-hetero) is 1. The highest BCUT2D eigenvalue weighted by atomic mass is 35.5. The van der Waals surface area contributed by atoms with Crippen molar-refractivity contribution < 1.29 is 19.4 Å². The summed E-state index contributed by atoms with van der Waals surface area (Å²) >= 11 is 7.43. The van der Waals surface area contributed by atoms with Crippen molar-refractivity contribution in [3.63, 3.8) is 0 Å². The van der Waals surface area contributed by atoms with Crippen molar-refractivity contribution in [1.29, 1.82) is 0 Å². The standard InChI is InChI=1S/C29H25ClN2O4S/c1-2-3-7-15-36-21-12-8-11-19(16-21)25-24(26(33)18-9-5-4-6-10-18)27(34)28(35)32(25)29-31-22-14-13-20(30)17-23(22)37-29/h4-6,8-14,16-17,25,33H,2-3,7,15H2,1H3. The quantitative estimate of drug-likeness (QED) is 0.113. The van der Waals surface area contributed by atoms with Crippen LogP contribution < -0.4 is 9.64 Å². The second-order valence-electron chi connectivity index (χ2n) is 8.77. The van der Waals surface area contributed by atoms with Crippen LogP contribution >= 0.6 is 22.9 Å². The van der Waals surface area contributed by atoms with E-state index in [-0.39, 0.29) is 11.3 Å². The smallest absolute Gasteiger partial charge is 0.301 e. The fourth-order valence-electron chi connectivity index (χ4n) is 4.40. The highest BCUT2D eigenvalue weighted by molar-refractivity contribution is 7.22. The Morgan fingerprint density at radius 2 is 1.86 bits per heavy atom. The van der Waals surface area contributed by atoms with E-state index < -0.39 is 17.7 Å². The molecule has 3 aromatic carbocycles. The molecule has 1 aliphatic rings. The van der Waals surface area contributed by atoms with Crippen molar-refractivity contribution in [3.8, 4) is 5.75 Å². The van der Waals surface area contributed by atoms with Gasteiger partial charge in [0.2, 0.25) is 0 Å². The number of hydrogen-bond acceptors (Lipinski definition) is 6. The summed E-state index contributed by atoms with van der Waals surface area (Å²) < 4.78 is 6.74. The van der Waals surface area contributed by atoms with Gasteiger partial charge in [-0.1, -0.05) is 85.2 Å². The van der Waals surface area contributed by atoms with Crippen LogP contribution in [0.15, 0.2) is 78.4 Å². The minimum atomic E-state index is -0.879. The zero-order valence-electron chi connectivity index (χ0n) is 20.2. The number of benzene rings is 3. The van der Waals surface area contributed by atoms with E-state index >= 15 is 0 Å². The second-order valence-corrected chi connectivity index (χ2v) is 10.2. The summed E-state index contributed by atoms with van der Waals surface area (Å²) in [5.41, 5.74) is 1.77. The topological polar surface area (TPSA) is 79.7 Å². The van der Waals surface area contributed by atoms with Gasteiger partial charge in [-0.3, -0.25) is 14.5 Å². The fraction of sp³-hybridized carbons (Fsp3) is 0.207. The van der Waals surface area contributed by atoms with Gasteiger partial charge >= 0.3 is 5.91 Å². The minimum absolute atomic E-state index is 0.0108. The van der Waals surface area contributed by atoms with Gasteiger partial charge in [0, 0.05) is 10.6 Å². The van der Waals surface area contributed by atoms with Crippen LogP contribution in [-0.4, -0.2) is 28.4 Å². The van der Waals surface area contributed by atoms with Gasteiger partial charge in [-0.05, 0) is 42.3 Å². The SMILES string of the molecule is CCCCCOc1cccc(C2C(=C(O)c3ccccc3)C(=O)C(=O)N2c2nc3ccc(Cl)cc3s2)c1. The lowest BCUT2D eigenvalue weighted by atomic mass is 9.95. The molecule has 0 aliphatic carbocycles. The Morgan fingerprint density at radius 1 is 1.05 bits per heavy atom. The van der Waals surface area contributed by atoms with Crippen LogP contribution in [0.1, 0.15) is 43.4 Å². The molecule has 1 aromatic heterocycles. The third-order valence-electron chi connectivity index (χ3n) is 6.23. The lowest BCUT2D eigenvalue weighted by molar-refractivity contribution is -0.132. The normalized spacial score (nSPS) is 17.0. The first-order valence-electron chi connectivity index (χ1n) is 12.1. The second kappa shape index (κ2) is 10.7. The number of hydrogen-bond donors (Lipinski definition) is 1. The van der Waals surface area contributed by atoms with E-state index in [0.717, 1.165) is 24.0 Å². The van der Waals surface area contributed by atoms with Crippen LogP contribution in [-0.2, 0) is 9.59 Å². The maximum absolute atomic E-state index is 13.4. The van der Waals surface area contributed by atoms with E-state index in [2.05, 4.69) is 11.9 Å². The van der Waals surface area contributed by atoms with Crippen molar-refractivity contribution in [3.05, 3.63) is 94.5 Å². The number of carbonyl (C=O) groups is 2. The Hall–Kier alpha value is -3.68. The first-order valence-corrected chi connectivity index (χ1v) is 13.3. The third kappa shape index (κ3) is 4.97. The van der Waals surface area contributed by atoms with Gasteiger partial charge in [-0.15, -0.1) is 0 Å². The van der Waals surface area contributed by atoms with E-state index in [1.807, 2.05) is 30.3 Å². The minimum Gasteiger partial charge on any atom is -0.507 e. The van der Waals surface area contributed by atoms with E-state index in [0.29, 0.717) is 39.2 Å². The Bertz CT molecular complexity index is 1500. The summed E-state index contributed by atoms with van der Waals surface area (Å²) in [6, 6.07) is 20.5. The van der Waals surface area contributed by atoms with Crippen LogP contribution in [0.5, 0.6) is 5.75 Å². The van der Waals surface area contributed by atoms with Crippen molar-refractivity contribution in [2.24, 2.45) is 0 Å². The van der Waals surface area contributed by atoms with Gasteiger partial charge in [-0.2, -0.15) is 0 Å². The molecule has 1 atom stereocenters. The molecular formula is C29H25ClN2O4S. The van der Waals surface area contributed by atoms with Gasteiger partial charge in [0.25, 0.3) is 5.78 Å². The molecule has 0 bridgehead atoms. The molecule has 1 aliphatic heterocycles. The number of ketones is 1. The molecule has 0 spiro atoms. The van der Waals surface area contributed by atoms with E-state index in [1.165, 1.54) is 16.2 Å². The number of nitrogens with zero attached hydrogens (tertiary/aromatic N) is 2. The summed E-state index contributed by atoms with van der Waals surface area (Å²) in [7, 11) is 0. The van der Waals surface area contributed by atoms with Crippen LogP contribution in [0.3, 0.4) is 0 Å². The molecule has 1 saturated heterocycles. The first kappa shape index (κ1) is 25.0. The predicted octanol–water partition coefficient (Wildman–Crippen LogP) is 7.15. The highest BCUT2D eigenvalue weighted by Crippen LogP contribution is 2.45. The van der Waals surface area contributed by atoms with E-state index in [1.54, 1.807) is 42.5 Å². The molecule has 8 heteroatoms. The number of amides is 1. The molecule has 5 rings (SSSR count). The summed E-state index contributed by atoms with van der Waals surface area (Å²) in [4.78, 5) is 32.8. The number of rotatable bonds is 8. The number of fused-ring (bicyclic) bond motifs is 1. The number of anilines is 1. The third-order valence-corrected chi connectivity index (χ3v) is 7.48. The van der Waals surface area contributed by atoms with Crippen molar-refractivity contribution >= 4 is 55.7 Å². The number of carbonyl (C=O) groups excluding carboxylic acids is 2. The molecule has 4 aromatic rings. The number of thiazole rings is 1. The largest absolute Gasteiger partial charge is 0.507 e. The lowest BCUT2D eigenvalue weighted by Gasteiger charge is -2.23. The average molecular weight is 533 g/mol. The van der Waals surface area contributed by atoms with Crippen molar-refractivity contribution in [1.82, 2.24) is 4.98 Å². The van der Waals surface area contributed by atoms with Crippen LogP contribution in [0, 0.1) is 0 Å². The number of unbranched alkanes of at least 4 members (excludes halogenated alkanes) is 2. The molecule has 2 heterocycles. The monoisotopic (exact) mass is 532 g/mol. The molecule has 0 saturated carbocycles. The van der Waals surface area contributed by atoms with Gasteiger partial charge in [0.15, 0.2) is 5.13 Å². The van der Waals surface area contributed by atoms with E-state index in [9.17, 15) is 14.7 Å². The van der Waals surface area contributed by atoms with Gasteiger partial charge in [-0.25, -0.2) is 4.98 Å². The average Bonchev–Trinajstić information content (AvgIpc) is 3.44. The molecular weight excluding hydrogens is 508 g/mol. The summed E-state index contributed by atoms with van der Waals surface area (Å²) in [6.07, 6.45) is 3.09. The molecule has 1 fully saturated rings. The number of aromatic nitrogens is 1. The molecule has 37 heavy (non-hydrogen) atoms. The molecule has 0 radical (unpaired) electrons. The number of ether oxygens (including phenoxy) is 1. The predicted molar refractivity (Wildman–Crippen MR) is 147 cm³/mol. The highest BCUT2D eigenvalue weighted by Gasteiger charge is 2.48. The van der Waals surface area contributed by atoms with Gasteiger partial charge in [0.1, 0.15) is 11.5 Å². The maximum atomic E-state index is 13.4. The Morgan fingerprint density at radius 3 is 2.65 bits per heavy atom. The zero-order valence-corrected chi connectivity index (χ0v) is 21.8. The zero-order chi connectivity index (χ0) is 25.9. The maximum Gasteiger partial charge on any atom is 0.301 e. The van der Waals surface area contributed by atoms with Gasteiger partial charge in [0.05, 0.1) is 28.4 Å². The van der Waals surface area contributed by atoms with Crippen LogP contribution in [0.4, 0.5) is 5.13 Å². The molecule has 1 unspecified atom stereocenters. The lowest BCUT2D eigenvalue weighted by Crippen LogP contribution is -2.29.